The quantitative estimate of drug-likeness (QED) is 0.443. The molecule has 0 saturated heterocycles. The zero-order valence-corrected chi connectivity index (χ0v) is 13.9. The molecule has 3 N–H and O–H groups in total. The van der Waals surface area contributed by atoms with Gasteiger partial charge in [0.1, 0.15) is 0 Å². The van der Waals surface area contributed by atoms with Crippen LogP contribution in [0.4, 0.5) is 5.69 Å². The fourth-order valence-corrected chi connectivity index (χ4v) is 4.11. The molecule has 1 aromatic rings. The Morgan fingerprint density at radius 1 is 1.53 bits per heavy atom. The summed E-state index contributed by atoms with van der Waals surface area (Å²) in [7, 11) is -3.52. The third-order valence-electron chi connectivity index (χ3n) is 2.43. The van der Waals surface area contributed by atoms with Gasteiger partial charge in [0.15, 0.2) is 0 Å². The fourth-order valence-electron chi connectivity index (χ4n) is 1.45. The second-order valence-corrected chi connectivity index (χ2v) is 7.68. The molecule has 4 nitrogen and oxygen atoms in total. The molecule has 0 atom stereocenters. The van der Waals surface area contributed by atoms with E-state index < -0.39 is 10.0 Å². The molecule has 0 aliphatic carbocycles. The van der Waals surface area contributed by atoms with Crippen molar-refractivity contribution in [2.45, 2.75) is 11.8 Å². The van der Waals surface area contributed by atoms with E-state index in [-0.39, 0.29) is 4.90 Å². The van der Waals surface area contributed by atoms with Gasteiger partial charge in [-0.15, -0.1) is 6.58 Å². The van der Waals surface area contributed by atoms with Crippen LogP contribution in [0.1, 0.15) is 5.56 Å². The first-order valence-electron chi connectivity index (χ1n) is 5.62. The Bertz CT molecular complexity index is 559. The molecule has 0 radical (unpaired) electrons. The average Bonchev–Trinajstić information content (AvgIpc) is 2.33. The van der Waals surface area contributed by atoms with Crippen LogP contribution in [0.3, 0.4) is 0 Å². The van der Waals surface area contributed by atoms with Gasteiger partial charge in [-0.25, -0.2) is 13.1 Å². The molecular weight excluding hydrogens is 348 g/mol. The van der Waals surface area contributed by atoms with Crippen LogP contribution in [-0.4, -0.2) is 26.5 Å². The summed E-state index contributed by atoms with van der Waals surface area (Å²) in [5.41, 5.74) is 6.79. The summed E-state index contributed by atoms with van der Waals surface area (Å²) in [5.74, 6) is 1.51. The molecule has 0 aromatic heterocycles. The van der Waals surface area contributed by atoms with E-state index in [0.29, 0.717) is 28.0 Å². The average molecular weight is 365 g/mol. The highest BCUT2D eigenvalue weighted by Crippen LogP contribution is 2.26. The number of benzene rings is 1. The second-order valence-electron chi connectivity index (χ2n) is 3.88. The first kappa shape index (κ1) is 16.6. The minimum Gasteiger partial charge on any atom is -0.398 e. The minimum atomic E-state index is -3.52. The number of halogens is 1. The minimum absolute atomic E-state index is 0.216. The molecule has 0 aliphatic rings. The number of hydrogen-bond donors (Lipinski definition) is 2. The summed E-state index contributed by atoms with van der Waals surface area (Å²) in [4.78, 5) is 0.216. The Kier molecular flexibility index (Phi) is 6.38. The number of nitrogens with one attached hydrogen (secondary N) is 1. The molecule has 0 fully saturated rings. The monoisotopic (exact) mass is 364 g/mol. The van der Waals surface area contributed by atoms with Crippen molar-refractivity contribution in [3.05, 3.63) is 34.8 Å². The third kappa shape index (κ3) is 4.83. The van der Waals surface area contributed by atoms with E-state index in [2.05, 4.69) is 27.2 Å². The lowest BCUT2D eigenvalue weighted by Crippen LogP contribution is -2.27. The number of nitrogen functional groups attached to an aromatic ring is 1. The van der Waals surface area contributed by atoms with Crippen LogP contribution in [0.15, 0.2) is 34.2 Å². The van der Waals surface area contributed by atoms with Crippen molar-refractivity contribution in [1.82, 2.24) is 4.72 Å². The lowest BCUT2D eigenvalue weighted by atomic mass is 10.2. The van der Waals surface area contributed by atoms with Crippen molar-refractivity contribution in [3.8, 4) is 0 Å². The smallest absolute Gasteiger partial charge is 0.240 e. The maximum absolute atomic E-state index is 12.2. The van der Waals surface area contributed by atoms with E-state index in [0.717, 1.165) is 5.75 Å². The summed E-state index contributed by atoms with van der Waals surface area (Å²) in [6.07, 6.45) is 1.79. The van der Waals surface area contributed by atoms with Gasteiger partial charge in [0.25, 0.3) is 0 Å². The van der Waals surface area contributed by atoms with Gasteiger partial charge in [-0.05, 0) is 24.6 Å². The van der Waals surface area contributed by atoms with E-state index >= 15 is 0 Å². The van der Waals surface area contributed by atoms with Crippen LogP contribution in [0.2, 0.25) is 0 Å². The zero-order valence-electron chi connectivity index (χ0n) is 10.6. The largest absolute Gasteiger partial charge is 0.398 e. The van der Waals surface area contributed by atoms with E-state index in [1.807, 2.05) is 0 Å². The lowest BCUT2D eigenvalue weighted by Gasteiger charge is -2.11. The standard InChI is InChI=1S/C12H17BrN2O2S2/c1-3-5-18-6-4-15-19(16,17)12-8-10(13)7-11(14)9(12)2/h3,7-8,15H,1,4-6,14H2,2H3. The Hall–Kier alpha value is -0.500. The number of thioether (sulfide) groups is 1. The van der Waals surface area contributed by atoms with Crippen molar-refractivity contribution < 1.29 is 8.42 Å². The van der Waals surface area contributed by atoms with Gasteiger partial charge in [-0.1, -0.05) is 22.0 Å². The maximum atomic E-state index is 12.2. The predicted molar refractivity (Wildman–Crippen MR) is 86.0 cm³/mol. The Morgan fingerprint density at radius 3 is 2.84 bits per heavy atom. The van der Waals surface area contributed by atoms with Crippen LogP contribution in [0.25, 0.3) is 0 Å². The molecule has 1 rings (SSSR count). The van der Waals surface area contributed by atoms with Crippen molar-refractivity contribution in [3.63, 3.8) is 0 Å². The fraction of sp³-hybridized carbons (Fsp3) is 0.333. The summed E-state index contributed by atoms with van der Waals surface area (Å²) in [6, 6.07) is 3.25. The normalized spacial score (nSPS) is 11.5. The maximum Gasteiger partial charge on any atom is 0.240 e. The molecule has 0 bridgehead atoms. The van der Waals surface area contributed by atoms with Gasteiger partial charge < -0.3 is 5.73 Å². The van der Waals surface area contributed by atoms with Gasteiger partial charge in [0.2, 0.25) is 10.0 Å². The van der Waals surface area contributed by atoms with Crippen LogP contribution < -0.4 is 10.5 Å². The Balaban J connectivity index is 2.80. The molecule has 0 unspecified atom stereocenters. The van der Waals surface area contributed by atoms with E-state index in [4.69, 9.17) is 5.73 Å². The molecule has 0 spiro atoms. The van der Waals surface area contributed by atoms with Crippen molar-refractivity contribution in [2.24, 2.45) is 0 Å². The first-order chi connectivity index (χ1) is 8.88. The first-order valence-corrected chi connectivity index (χ1v) is 9.05. The van der Waals surface area contributed by atoms with Gasteiger partial charge in [0.05, 0.1) is 4.90 Å². The third-order valence-corrected chi connectivity index (χ3v) is 5.44. The highest BCUT2D eigenvalue weighted by Gasteiger charge is 2.18. The van der Waals surface area contributed by atoms with Crippen molar-refractivity contribution >= 4 is 43.4 Å². The summed E-state index contributed by atoms with van der Waals surface area (Å²) in [5, 5.41) is 0. The lowest BCUT2D eigenvalue weighted by molar-refractivity contribution is 0.583. The molecule has 1 aromatic carbocycles. The summed E-state index contributed by atoms with van der Waals surface area (Å²) in [6.45, 7) is 5.69. The van der Waals surface area contributed by atoms with Crippen LogP contribution >= 0.6 is 27.7 Å². The van der Waals surface area contributed by atoms with Crippen LogP contribution in [0, 0.1) is 6.92 Å². The summed E-state index contributed by atoms with van der Waals surface area (Å²) < 4.78 is 27.6. The van der Waals surface area contributed by atoms with Crippen LogP contribution in [0.5, 0.6) is 0 Å². The molecule has 7 heteroatoms. The number of hydrogen-bond acceptors (Lipinski definition) is 4. The van der Waals surface area contributed by atoms with Crippen molar-refractivity contribution in [2.75, 3.05) is 23.8 Å². The number of rotatable bonds is 7. The number of nitrogens with two attached hydrogens (primary N) is 1. The molecule has 0 amide bonds. The molecule has 0 aliphatic heterocycles. The highest BCUT2D eigenvalue weighted by atomic mass is 79.9. The van der Waals surface area contributed by atoms with Gasteiger partial charge >= 0.3 is 0 Å². The Morgan fingerprint density at radius 2 is 2.21 bits per heavy atom. The highest BCUT2D eigenvalue weighted by molar-refractivity contribution is 9.10. The van der Waals surface area contributed by atoms with Gasteiger partial charge in [0, 0.05) is 28.2 Å². The van der Waals surface area contributed by atoms with Gasteiger partial charge in [-0.3, -0.25) is 0 Å². The van der Waals surface area contributed by atoms with E-state index in [1.54, 1.807) is 36.9 Å². The van der Waals surface area contributed by atoms with Gasteiger partial charge in [-0.2, -0.15) is 11.8 Å². The van der Waals surface area contributed by atoms with Crippen molar-refractivity contribution in [1.29, 1.82) is 0 Å². The van der Waals surface area contributed by atoms with E-state index in [9.17, 15) is 8.42 Å². The number of sulfonamides is 1. The zero-order chi connectivity index (χ0) is 14.5. The molecule has 0 heterocycles. The Labute approximate surface area is 127 Å². The SMILES string of the molecule is C=CCSCCNS(=O)(=O)c1cc(Br)cc(N)c1C. The predicted octanol–water partition coefficient (Wildman–Crippen LogP) is 2.54. The molecular formula is C12H17BrN2O2S2. The number of anilines is 1. The molecule has 0 saturated carbocycles. The van der Waals surface area contributed by atoms with E-state index in [1.165, 1.54) is 0 Å². The molecule has 106 valence electrons. The molecule has 19 heavy (non-hydrogen) atoms. The summed E-state index contributed by atoms with van der Waals surface area (Å²) >= 11 is 4.88. The topological polar surface area (TPSA) is 72.2 Å². The van der Waals surface area contributed by atoms with Crippen LogP contribution in [-0.2, 0) is 10.0 Å². The second kappa shape index (κ2) is 7.33.